The number of hydrogen-bond acceptors (Lipinski definition) is 5. The van der Waals surface area contributed by atoms with E-state index in [1.807, 2.05) is 30.3 Å². The standard InChI is InChI=1S/C23H21N3O5/c1-24(15-13-17-8-3-2-4-9-17)23(29)21(25-14-6-5-12-20(25)27)22(28)18-10-7-11-19(16-18)26(30)31/h2-12,14,16,21H,13,15H2,1H3/t21-/m1/s1. The number of nitro groups is 1. The van der Waals surface area contributed by atoms with Crippen LogP contribution in [-0.4, -0.2) is 39.7 Å². The van der Waals surface area contributed by atoms with E-state index in [0.29, 0.717) is 13.0 Å². The molecule has 0 aliphatic carbocycles. The summed E-state index contributed by atoms with van der Waals surface area (Å²) in [7, 11) is 1.56. The number of likely N-dealkylation sites (N-methyl/N-ethyl adjacent to an activating group) is 1. The molecule has 1 heterocycles. The zero-order chi connectivity index (χ0) is 22.4. The fraction of sp³-hybridized carbons (Fsp3) is 0.174. The highest BCUT2D eigenvalue weighted by Gasteiger charge is 2.32. The van der Waals surface area contributed by atoms with E-state index in [-0.39, 0.29) is 11.3 Å². The van der Waals surface area contributed by atoms with Gasteiger partial charge in [0.15, 0.2) is 11.8 Å². The van der Waals surface area contributed by atoms with Crippen LogP contribution in [0.1, 0.15) is 22.0 Å². The molecule has 0 bridgehead atoms. The highest BCUT2D eigenvalue weighted by molar-refractivity contribution is 6.12. The Bertz CT molecular complexity index is 1160. The minimum Gasteiger partial charge on any atom is -0.343 e. The largest absolute Gasteiger partial charge is 0.343 e. The van der Waals surface area contributed by atoms with E-state index in [2.05, 4.69) is 0 Å². The summed E-state index contributed by atoms with van der Waals surface area (Å²) >= 11 is 0. The van der Waals surface area contributed by atoms with Gasteiger partial charge in [0.25, 0.3) is 17.2 Å². The van der Waals surface area contributed by atoms with E-state index in [4.69, 9.17) is 0 Å². The van der Waals surface area contributed by atoms with Crippen molar-refractivity contribution in [1.82, 2.24) is 9.47 Å². The molecule has 8 heteroatoms. The molecule has 158 valence electrons. The smallest absolute Gasteiger partial charge is 0.270 e. The summed E-state index contributed by atoms with van der Waals surface area (Å²) in [5, 5.41) is 11.1. The summed E-state index contributed by atoms with van der Waals surface area (Å²) in [6.07, 6.45) is 1.94. The fourth-order valence-electron chi connectivity index (χ4n) is 3.20. The van der Waals surface area contributed by atoms with Crippen molar-refractivity contribution < 1.29 is 14.5 Å². The second-order valence-electron chi connectivity index (χ2n) is 7.02. The first-order valence-corrected chi connectivity index (χ1v) is 9.63. The highest BCUT2D eigenvalue weighted by Crippen LogP contribution is 2.20. The molecule has 1 amide bonds. The number of aromatic nitrogens is 1. The molecule has 0 spiro atoms. The third-order valence-corrected chi connectivity index (χ3v) is 4.91. The van der Waals surface area contributed by atoms with Crippen LogP contribution in [0.25, 0.3) is 0 Å². The van der Waals surface area contributed by atoms with Crippen LogP contribution >= 0.6 is 0 Å². The molecule has 3 aromatic rings. The zero-order valence-electron chi connectivity index (χ0n) is 16.9. The van der Waals surface area contributed by atoms with Gasteiger partial charge in [-0.3, -0.25) is 29.1 Å². The number of nitro benzene ring substituents is 1. The Labute approximate surface area is 178 Å². The molecule has 3 rings (SSSR count). The van der Waals surface area contributed by atoms with E-state index in [0.717, 1.165) is 16.2 Å². The first kappa shape index (κ1) is 21.6. The average Bonchev–Trinajstić information content (AvgIpc) is 2.79. The molecule has 2 aromatic carbocycles. The van der Waals surface area contributed by atoms with E-state index in [9.17, 15) is 24.5 Å². The summed E-state index contributed by atoms with van der Waals surface area (Å²) in [6.45, 7) is 0.336. The van der Waals surface area contributed by atoms with Gasteiger partial charge in [-0.2, -0.15) is 0 Å². The van der Waals surface area contributed by atoms with Gasteiger partial charge in [0.1, 0.15) is 0 Å². The number of benzene rings is 2. The van der Waals surface area contributed by atoms with E-state index < -0.39 is 28.2 Å². The van der Waals surface area contributed by atoms with E-state index >= 15 is 0 Å². The zero-order valence-corrected chi connectivity index (χ0v) is 16.9. The number of non-ortho nitro benzene ring substituents is 1. The van der Waals surface area contributed by atoms with Crippen molar-refractivity contribution in [3.8, 4) is 0 Å². The van der Waals surface area contributed by atoms with Gasteiger partial charge in [0.2, 0.25) is 0 Å². The van der Waals surface area contributed by atoms with Gasteiger partial charge >= 0.3 is 0 Å². The molecule has 1 aromatic heterocycles. The van der Waals surface area contributed by atoms with Crippen molar-refractivity contribution in [2.45, 2.75) is 12.5 Å². The lowest BCUT2D eigenvalue weighted by atomic mass is 10.0. The number of ketones is 1. The van der Waals surface area contributed by atoms with Gasteiger partial charge in [-0.25, -0.2) is 0 Å². The molecule has 1 atom stereocenters. The maximum atomic E-state index is 13.3. The molecule has 0 saturated carbocycles. The minimum atomic E-state index is -1.46. The Kier molecular flexibility index (Phi) is 6.71. The van der Waals surface area contributed by atoms with Crippen molar-refractivity contribution >= 4 is 17.4 Å². The van der Waals surface area contributed by atoms with Crippen LogP contribution in [0.3, 0.4) is 0 Å². The van der Waals surface area contributed by atoms with Gasteiger partial charge in [-0.15, -0.1) is 0 Å². The molecule has 0 aliphatic rings. The summed E-state index contributed by atoms with van der Waals surface area (Å²) in [5.41, 5.74) is 0.228. The lowest BCUT2D eigenvalue weighted by Gasteiger charge is -2.24. The van der Waals surface area contributed by atoms with Crippen LogP contribution in [0.4, 0.5) is 5.69 Å². The first-order valence-electron chi connectivity index (χ1n) is 9.63. The number of rotatable bonds is 8. The molecule has 0 fully saturated rings. The van der Waals surface area contributed by atoms with Gasteiger partial charge < -0.3 is 4.90 Å². The van der Waals surface area contributed by atoms with Crippen LogP contribution < -0.4 is 5.56 Å². The van der Waals surface area contributed by atoms with Crippen molar-refractivity contribution in [3.63, 3.8) is 0 Å². The number of amides is 1. The summed E-state index contributed by atoms with van der Waals surface area (Å²) in [5.74, 6) is -1.26. The summed E-state index contributed by atoms with van der Waals surface area (Å²) in [4.78, 5) is 50.8. The molecular formula is C23H21N3O5. The molecule has 0 saturated heterocycles. The predicted molar refractivity (Wildman–Crippen MR) is 115 cm³/mol. The minimum absolute atomic E-state index is 0.0141. The average molecular weight is 419 g/mol. The molecule has 31 heavy (non-hydrogen) atoms. The Hall–Kier alpha value is -4.07. The molecule has 0 unspecified atom stereocenters. The number of Topliss-reactive ketones (excluding diaryl/α,β-unsaturated/α-hetero) is 1. The number of hydrogen-bond donors (Lipinski definition) is 0. The topological polar surface area (TPSA) is 103 Å². The fourth-order valence-corrected chi connectivity index (χ4v) is 3.20. The van der Waals surface area contributed by atoms with Crippen molar-refractivity contribution in [2.75, 3.05) is 13.6 Å². The van der Waals surface area contributed by atoms with Crippen LogP contribution in [0.2, 0.25) is 0 Å². The SMILES string of the molecule is CN(CCc1ccccc1)C(=O)[C@@H](C(=O)c1cccc([N+](=O)[O-])c1)n1ccccc1=O. The summed E-state index contributed by atoms with van der Waals surface area (Å²) in [6, 6.07) is 17.6. The maximum Gasteiger partial charge on any atom is 0.270 e. The Morgan fingerprint density at radius 3 is 2.42 bits per heavy atom. The Morgan fingerprint density at radius 1 is 1.03 bits per heavy atom. The van der Waals surface area contributed by atoms with Crippen LogP contribution in [-0.2, 0) is 11.2 Å². The molecule has 0 aliphatic heterocycles. The van der Waals surface area contributed by atoms with Gasteiger partial charge in [0, 0.05) is 43.6 Å². The monoisotopic (exact) mass is 419 g/mol. The van der Waals surface area contributed by atoms with Crippen molar-refractivity contribution in [1.29, 1.82) is 0 Å². The second-order valence-corrected chi connectivity index (χ2v) is 7.02. The quantitative estimate of drug-likeness (QED) is 0.242. The third kappa shape index (κ3) is 5.11. The third-order valence-electron chi connectivity index (χ3n) is 4.91. The highest BCUT2D eigenvalue weighted by atomic mass is 16.6. The lowest BCUT2D eigenvalue weighted by Crippen LogP contribution is -2.42. The Morgan fingerprint density at radius 2 is 1.74 bits per heavy atom. The lowest BCUT2D eigenvalue weighted by molar-refractivity contribution is -0.384. The second kappa shape index (κ2) is 9.62. The summed E-state index contributed by atoms with van der Waals surface area (Å²) < 4.78 is 1.06. The van der Waals surface area contributed by atoms with Gasteiger partial charge in [-0.05, 0) is 18.1 Å². The van der Waals surface area contributed by atoms with Crippen molar-refractivity contribution in [3.05, 3.63) is 111 Å². The van der Waals surface area contributed by atoms with Crippen LogP contribution in [0.15, 0.2) is 83.8 Å². The number of pyridine rings is 1. The predicted octanol–water partition coefficient (Wildman–Crippen LogP) is 2.88. The van der Waals surface area contributed by atoms with Gasteiger partial charge in [-0.1, -0.05) is 48.5 Å². The maximum absolute atomic E-state index is 13.3. The molecule has 8 nitrogen and oxygen atoms in total. The van der Waals surface area contributed by atoms with Crippen LogP contribution in [0, 0.1) is 10.1 Å². The normalized spacial score (nSPS) is 11.5. The van der Waals surface area contributed by atoms with Crippen LogP contribution in [0.5, 0.6) is 0 Å². The number of nitrogens with zero attached hydrogens (tertiary/aromatic N) is 3. The van der Waals surface area contributed by atoms with E-state index in [1.165, 1.54) is 41.4 Å². The molecular weight excluding hydrogens is 398 g/mol. The first-order chi connectivity index (χ1) is 14.9. The molecule has 0 radical (unpaired) electrons. The number of carbonyl (C=O) groups excluding carboxylic acids is 2. The van der Waals surface area contributed by atoms with Crippen molar-refractivity contribution in [2.24, 2.45) is 0 Å². The van der Waals surface area contributed by atoms with Gasteiger partial charge in [0.05, 0.1) is 4.92 Å². The molecule has 0 N–H and O–H groups in total. The van der Waals surface area contributed by atoms with E-state index in [1.54, 1.807) is 13.1 Å². The Balaban J connectivity index is 1.93. The number of carbonyl (C=O) groups is 2.